The Labute approximate surface area is 138 Å². The third-order valence-corrected chi connectivity index (χ3v) is 6.31. The average molecular weight is 333 g/mol. The number of carbonyl (C=O) groups excluding carboxylic acids is 1. The number of nitrogens with zero attached hydrogens (tertiary/aromatic N) is 2. The van der Waals surface area contributed by atoms with E-state index in [1.165, 1.54) is 23.3 Å². The molecule has 0 aromatic carbocycles. The van der Waals surface area contributed by atoms with Gasteiger partial charge in [0.1, 0.15) is 15.7 Å². The molecule has 0 spiro atoms. The Bertz CT molecular complexity index is 747. The summed E-state index contributed by atoms with van der Waals surface area (Å²) >= 11 is 3.30. The highest BCUT2D eigenvalue weighted by atomic mass is 32.2. The van der Waals surface area contributed by atoms with E-state index in [-0.39, 0.29) is 5.91 Å². The number of carbonyl (C=O) groups is 1. The first-order valence-corrected chi connectivity index (χ1v) is 9.62. The molecule has 2 heterocycles. The minimum absolute atomic E-state index is 0.122. The zero-order chi connectivity index (χ0) is 15.3. The molecule has 0 bridgehead atoms. The van der Waals surface area contributed by atoms with Gasteiger partial charge in [-0.2, -0.15) is 0 Å². The Morgan fingerprint density at radius 3 is 2.73 bits per heavy atom. The maximum absolute atomic E-state index is 12.0. The number of hydrogen-bond donors (Lipinski definition) is 1. The normalized spacial score (nSPS) is 17.9. The van der Waals surface area contributed by atoms with Crippen molar-refractivity contribution in [1.29, 1.82) is 0 Å². The van der Waals surface area contributed by atoms with E-state index < -0.39 is 0 Å². The minimum atomic E-state index is 0.122. The van der Waals surface area contributed by atoms with Crippen molar-refractivity contribution < 1.29 is 4.79 Å². The molecule has 2 fully saturated rings. The fraction of sp³-hybridized carbons (Fsp3) is 0.562. The van der Waals surface area contributed by atoms with Crippen LogP contribution in [0.15, 0.2) is 5.03 Å². The Morgan fingerprint density at radius 1 is 1.27 bits per heavy atom. The summed E-state index contributed by atoms with van der Waals surface area (Å²) in [5, 5.41) is 5.18. The van der Waals surface area contributed by atoms with Gasteiger partial charge in [-0.1, -0.05) is 11.8 Å². The number of thiophene rings is 1. The second-order valence-electron chi connectivity index (χ2n) is 6.26. The predicted octanol–water partition coefficient (Wildman–Crippen LogP) is 3.56. The van der Waals surface area contributed by atoms with Crippen molar-refractivity contribution in [2.24, 2.45) is 0 Å². The number of hydrogen-bond acceptors (Lipinski definition) is 5. The first kappa shape index (κ1) is 14.5. The summed E-state index contributed by atoms with van der Waals surface area (Å²) in [5.74, 6) is 2.07. The lowest BCUT2D eigenvalue weighted by molar-refractivity contribution is -0.118. The summed E-state index contributed by atoms with van der Waals surface area (Å²) in [6, 6.07) is 0.422. The SMILES string of the molecule is Cc1sc2nc(C3CC3)nc(SCC(=O)NC3CC3)c2c1C. The lowest BCUT2D eigenvalue weighted by Crippen LogP contribution is -2.27. The van der Waals surface area contributed by atoms with Crippen LogP contribution in [0.25, 0.3) is 10.2 Å². The molecule has 22 heavy (non-hydrogen) atoms. The van der Waals surface area contributed by atoms with Gasteiger partial charge in [0, 0.05) is 22.2 Å². The maximum Gasteiger partial charge on any atom is 0.230 e. The topological polar surface area (TPSA) is 54.9 Å². The first-order chi connectivity index (χ1) is 10.6. The molecule has 0 atom stereocenters. The summed E-state index contributed by atoms with van der Waals surface area (Å²) in [5.41, 5.74) is 1.26. The fourth-order valence-electron chi connectivity index (χ4n) is 2.49. The second-order valence-corrected chi connectivity index (χ2v) is 8.42. The van der Waals surface area contributed by atoms with Crippen molar-refractivity contribution >= 4 is 39.2 Å². The number of nitrogens with one attached hydrogen (secondary N) is 1. The summed E-state index contributed by atoms with van der Waals surface area (Å²) < 4.78 is 0. The molecule has 2 aromatic heterocycles. The van der Waals surface area contributed by atoms with Crippen molar-refractivity contribution in [2.75, 3.05) is 5.75 Å². The summed E-state index contributed by atoms with van der Waals surface area (Å²) in [6.07, 6.45) is 4.65. The predicted molar refractivity (Wildman–Crippen MR) is 90.8 cm³/mol. The lowest BCUT2D eigenvalue weighted by Gasteiger charge is -2.07. The van der Waals surface area contributed by atoms with E-state index in [1.807, 2.05) is 0 Å². The van der Waals surface area contributed by atoms with Gasteiger partial charge in [0.2, 0.25) is 5.91 Å². The van der Waals surface area contributed by atoms with E-state index in [2.05, 4.69) is 19.2 Å². The standard InChI is InChI=1S/C16H19N3OS2/c1-8-9(2)22-16-13(8)15(18-14(19-16)10-3-4-10)21-7-12(20)17-11-5-6-11/h10-11H,3-7H2,1-2H3,(H,17,20). The summed E-state index contributed by atoms with van der Waals surface area (Å²) in [4.78, 5) is 23.9. The van der Waals surface area contributed by atoms with Gasteiger partial charge in [-0.15, -0.1) is 11.3 Å². The van der Waals surface area contributed by atoms with Crippen LogP contribution in [0.5, 0.6) is 0 Å². The first-order valence-electron chi connectivity index (χ1n) is 7.81. The second kappa shape index (κ2) is 5.49. The van der Waals surface area contributed by atoms with Crippen molar-refractivity contribution in [3.63, 3.8) is 0 Å². The Hall–Kier alpha value is -1.14. The molecule has 2 aliphatic carbocycles. The van der Waals surface area contributed by atoms with Crippen LogP contribution in [0, 0.1) is 13.8 Å². The average Bonchev–Trinajstić information content (AvgIpc) is 3.37. The molecule has 2 aromatic rings. The number of aryl methyl sites for hydroxylation is 2. The van der Waals surface area contributed by atoms with Crippen molar-refractivity contribution in [2.45, 2.75) is 56.5 Å². The molecule has 2 aliphatic rings. The monoisotopic (exact) mass is 333 g/mol. The highest BCUT2D eigenvalue weighted by Gasteiger charge is 2.29. The quantitative estimate of drug-likeness (QED) is 0.671. The molecule has 2 saturated carbocycles. The zero-order valence-electron chi connectivity index (χ0n) is 12.8. The van der Waals surface area contributed by atoms with Crippen LogP contribution < -0.4 is 5.32 Å². The van der Waals surface area contributed by atoms with Gasteiger partial charge in [0.05, 0.1) is 5.75 Å². The van der Waals surface area contributed by atoms with E-state index in [0.29, 0.717) is 17.7 Å². The van der Waals surface area contributed by atoms with Gasteiger partial charge >= 0.3 is 0 Å². The number of thioether (sulfide) groups is 1. The molecule has 1 amide bonds. The van der Waals surface area contributed by atoms with E-state index in [9.17, 15) is 4.79 Å². The molecule has 4 rings (SSSR count). The molecule has 4 nitrogen and oxygen atoms in total. The molecule has 1 N–H and O–H groups in total. The van der Waals surface area contributed by atoms with Gasteiger partial charge < -0.3 is 5.32 Å². The highest BCUT2D eigenvalue weighted by molar-refractivity contribution is 8.00. The number of aromatic nitrogens is 2. The van der Waals surface area contributed by atoms with Crippen LogP contribution in [0.2, 0.25) is 0 Å². The van der Waals surface area contributed by atoms with Crippen LogP contribution in [0.3, 0.4) is 0 Å². The Balaban J connectivity index is 1.62. The van der Waals surface area contributed by atoms with Gasteiger partial charge in [0.15, 0.2) is 0 Å². The van der Waals surface area contributed by atoms with Crippen molar-refractivity contribution in [1.82, 2.24) is 15.3 Å². The molecule has 0 saturated heterocycles. The van der Waals surface area contributed by atoms with Crippen LogP contribution in [-0.4, -0.2) is 27.7 Å². The largest absolute Gasteiger partial charge is 0.353 e. The fourth-order valence-corrected chi connectivity index (χ4v) is 4.49. The van der Waals surface area contributed by atoms with E-state index in [4.69, 9.17) is 9.97 Å². The highest BCUT2D eigenvalue weighted by Crippen LogP contribution is 2.42. The minimum Gasteiger partial charge on any atom is -0.353 e. The van der Waals surface area contributed by atoms with Crippen molar-refractivity contribution in [3.05, 3.63) is 16.3 Å². The van der Waals surface area contributed by atoms with E-state index in [0.717, 1.165) is 33.9 Å². The van der Waals surface area contributed by atoms with Gasteiger partial charge in [-0.25, -0.2) is 9.97 Å². The number of amides is 1. The van der Waals surface area contributed by atoms with E-state index in [1.54, 1.807) is 23.1 Å². The van der Waals surface area contributed by atoms with E-state index >= 15 is 0 Å². The summed E-state index contributed by atoms with van der Waals surface area (Å²) in [6.45, 7) is 4.26. The van der Waals surface area contributed by atoms with Crippen LogP contribution >= 0.6 is 23.1 Å². The zero-order valence-corrected chi connectivity index (χ0v) is 14.4. The Morgan fingerprint density at radius 2 is 2.05 bits per heavy atom. The third kappa shape index (κ3) is 2.86. The molecular formula is C16H19N3OS2. The third-order valence-electron chi connectivity index (χ3n) is 4.24. The van der Waals surface area contributed by atoms with Gasteiger partial charge in [-0.05, 0) is 45.1 Å². The molecule has 0 aliphatic heterocycles. The molecule has 0 radical (unpaired) electrons. The molecule has 116 valence electrons. The van der Waals surface area contributed by atoms with Crippen LogP contribution in [-0.2, 0) is 4.79 Å². The van der Waals surface area contributed by atoms with Gasteiger partial charge in [-0.3, -0.25) is 4.79 Å². The number of fused-ring (bicyclic) bond motifs is 1. The van der Waals surface area contributed by atoms with Gasteiger partial charge in [0.25, 0.3) is 0 Å². The summed E-state index contributed by atoms with van der Waals surface area (Å²) in [7, 11) is 0. The molecule has 0 unspecified atom stereocenters. The Kier molecular flexibility index (Phi) is 3.61. The molecule has 6 heteroatoms. The van der Waals surface area contributed by atoms with Crippen LogP contribution in [0.4, 0.5) is 0 Å². The lowest BCUT2D eigenvalue weighted by atomic mass is 10.2. The maximum atomic E-state index is 12.0. The smallest absolute Gasteiger partial charge is 0.230 e. The van der Waals surface area contributed by atoms with Crippen LogP contribution in [0.1, 0.15) is 47.9 Å². The molecular weight excluding hydrogens is 314 g/mol. The van der Waals surface area contributed by atoms with Crippen molar-refractivity contribution in [3.8, 4) is 0 Å². The number of rotatable bonds is 5.